The van der Waals surface area contributed by atoms with Gasteiger partial charge < -0.3 is 14.8 Å². The molecule has 1 aliphatic heterocycles. The molecular weight excluding hydrogens is 270 g/mol. The SMILES string of the molecule is O=CCCCCCCCCCCC(=O)N[C@H]1CCOC1=O. The van der Waals surface area contributed by atoms with Crippen molar-refractivity contribution in [1.82, 2.24) is 5.32 Å². The Morgan fingerprint density at radius 3 is 2.29 bits per heavy atom. The molecule has 1 fully saturated rings. The Bertz CT molecular complexity index is 330. The molecule has 1 amide bonds. The zero-order valence-corrected chi connectivity index (χ0v) is 12.8. The molecule has 0 aliphatic carbocycles. The Kier molecular flexibility index (Phi) is 9.49. The second-order valence-corrected chi connectivity index (χ2v) is 5.61. The van der Waals surface area contributed by atoms with E-state index in [4.69, 9.17) is 4.74 Å². The number of cyclic esters (lactones) is 1. The monoisotopic (exact) mass is 297 g/mol. The van der Waals surface area contributed by atoms with Crippen LogP contribution in [0.1, 0.15) is 70.6 Å². The Labute approximate surface area is 126 Å². The molecular formula is C16H27NO4. The standard InChI is InChI=1S/C16H27NO4/c18-12-9-7-5-3-1-2-4-6-8-10-15(19)17-14-11-13-21-16(14)20/h12,14H,1-11,13H2,(H,17,19)/t14-/m0/s1. The molecule has 120 valence electrons. The molecule has 0 aromatic rings. The molecule has 1 atom stereocenters. The van der Waals surface area contributed by atoms with E-state index in [1.807, 2.05) is 0 Å². The van der Waals surface area contributed by atoms with Crippen LogP contribution in [0.3, 0.4) is 0 Å². The van der Waals surface area contributed by atoms with E-state index in [2.05, 4.69) is 5.32 Å². The molecule has 0 spiro atoms. The van der Waals surface area contributed by atoms with Crippen molar-refractivity contribution >= 4 is 18.2 Å². The molecule has 1 saturated heterocycles. The second-order valence-electron chi connectivity index (χ2n) is 5.61. The van der Waals surface area contributed by atoms with Crippen molar-refractivity contribution in [3.8, 4) is 0 Å². The zero-order chi connectivity index (χ0) is 15.3. The van der Waals surface area contributed by atoms with Gasteiger partial charge in [0.15, 0.2) is 0 Å². The van der Waals surface area contributed by atoms with E-state index in [9.17, 15) is 14.4 Å². The fourth-order valence-corrected chi connectivity index (χ4v) is 2.47. The van der Waals surface area contributed by atoms with Crippen molar-refractivity contribution < 1.29 is 19.1 Å². The van der Waals surface area contributed by atoms with Gasteiger partial charge in [0.25, 0.3) is 0 Å². The first-order valence-electron chi connectivity index (χ1n) is 8.13. The van der Waals surface area contributed by atoms with Crippen LogP contribution in [-0.2, 0) is 19.1 Å². The first-order chi connectivity index (χ1) is 10.2. The fraction of sp³-hybridized carbons (Fsp3) is 0.812. The Morgan fingerprint density at radius 1 is 1.10 bits per heavy atom. The average Bonchev–Trinajstić information content (AvgIpc) is 2.86. The topological polar surface area (TPSA) is 72.5 Å². The maximum absolute atomic E-state index is 11.6. The van der Waals surface area contributed by atoms with Crippen LogP contribution in [0.5, 0.6) is 0 Å². The van der Waals surface area contributed by atoms with Gasteiger partial charge in [-0.15, -0.1) is 0 Å². The summed E-state index contributed by atoms with van der Waals surface area (Å²) in [6.07, 6.45) is 11.6. The third kappa shape index (κ3) is 8.48. The molecule has 1 rings (SSSR count). The summed E-state index contributed by atoms with van der Waals surface area (Å²) >= 11 is 0. The molecule has 0 radical (unpaired) electrons. The van der Waals surface area contributed by atoms with Crippen LogP contribution in [0.15, 0.2) is 0 Å². The highest BCUT2D eigenvalue weighted by Gasteiger charge is 2.27. The molecule has 1 N–H and O–H groups in total. The first kappa shape index (κ1) is 17.7. The predicted molar refractivity (Wildman–Crippen MR) is 79.7 cm³/mol. The van der Waals surface area contributed by atoms with Crippen LogP contribution >= 0.6 is 0 Å². The second kappa shape index (κ2) is 11.3. The number of aldehydes is 1. The van der Waals surface area contributed by atoms with Crippen molar-refractivity contribution in [1.29, 1.82) is 0 Å². The molecule has 0 aromatic heterocycles. The van der Waals surface area contributed by atoms with E-state index in [0.717, 1.165) is 38.4 Å². The molecule has 21 heavy (non-hydrogen) atoms. The van der Waals surface area contributed by atoms with Gasteiger partial charge in [0, 0.05) is 19.3 Å². The Hall–Kier alpha value is -1.39. The highest BCUT2D eigenvalue weighted by molar-refractivity contribution is 5.85. The van der Waals surface area contributed by atoms with Crippen molar-refractivity contribution in [2.75, 3.05) is 6.61 Å². The molecule has 5 heteroatoms. The molecule has 5 nitrogen and oxygen atoms in total. The zero-order valence-electron chi connectivity index (χ0n) is 12.8. The lowest BCUT2D eigenvalue weighted by Gasteiger charge is -2.08. The van der Waals surface area contributed by atoms with Gasteiger partial charge in [-0.25, -0.2) is 4.79 Å². The number of nitrogens with one attached hydrogen (secondary N) is 1. The van der Waals surface area contributed by atoms with E-state index in [1.54, 1.807) is 0 Å². The number of unbranched alkanes of at least 4 members (excludes halogenated alkanes) is 8. The van der Waals surface area contributed by atoms with Gasteiger partial charge in [-0.1, -0.05) is 38.5 Å². The number of hydrogen-bond donors (Lipinski definition) is 1. The van der Waals surface area contributed by atoms with Gasteiger partial charge in [0.2, 0.25) is 5.91 Å². The lowest BCUT2D eigenvalue weighted by molar-refractivity contribution is -0.141. The van der Waals surface area contributed by atoms with E-state index in [0.29, 0.717) is 25.9 Å². The van der Waals surface area contributed by atoms with Gasteiger partial charge in [-0.05, 0) is 12.8 Å². The number of ether oxygens (including phenoxy) is 1. The van der Waals surface area contributed by atoms with Gasteiger partial charge in [0.1, 0.15) is 12.3 Å². The van der Waals surface area contributed by atoms with Crippen LogP contribution in [0, 0.1) is 0 Å². The Morgan fingerprint density at radius 2 is 1.71 bits per heavy atom. The number of amides is 1. The fourth-order valence-electron chi connectivity index (χ4n) is 2.47. The maximum atomic E-state index is 11.6. The number of carbonyl (C=O) groups excluding carboxylic acids is 3. The average molecular weight is 297 g/mol. The highest BCUT2D eigenvalue weighted by atomic mass is 16.5. The molecule has 1 aliphatic rings. The summed E-state index contributed by atoms with van der Waals surface area (Å²) in [5.74, 6) is -0.356. The minimum atomic E-state index is -0.427. The summed E-state index contributed by atoms with van der Waals surface area (Å²) in [6.45, 7) is 0.413. The summed E-state index contributed by atoms with van der Waals surface area (Å²) in [6, 6.07) is -0.427. The van der Waals surface area contributed by atoms with Gasteiger partial charge in [0.05, 0.1) is 6.61 Å². The maximum Gasteiger partial charge on any atom is 0.328 e. The third-order valence-corrected chi connectivity index (χ3v) is 3.75. The van der Waals surface area contributed by atoms with Crippen LogP contribution in [0.25, 0.3) is 0 Å². The number of esters is 1. The van der Waals surface area contributed by atoms with Crippen LogP contribution < -0.4 is 5.32 Å². The van der Waals surface area contributed by atoms with Crippen LogP contribution in [0.4, 0.5) is 0 Å². The van der Waals surface area contributed by atoms with Gasteiger partial charge in [-0.3, -0.25) is 4.79 Å². The number of hydrogen-bond acceptors (Lipinski definition) is 4. The molecule has 1 heterocycles. The smallest absolute Gasteiger partial charge is 0.328 e. The van der Waals surface area contributed by atoms with Crippen molar-refractivity contribution in [2.24, 2.45) is 0 Å². The summed E-state index contributed by atoms with van der Waals surface area (Å²) < 4.78 is 4.80. The normalized spacial score (nSPS) is 17.5. The highest BCUT2D eigenvalue weighted by Crippen LogP contribution is 2.11. The number of rotatable bonds is 12. The van der Waals surface area contributed by atoms with Crippen LogP contribution in [0.2, 0.25) is 0 Å². The van der Waals surface area contributed by atoms with E-state index in [-0.39, 0.29) is 11.9 Å². The van der Waals surface area contributed by atoms with E-state index in [1.165, 1.54) is 19.3 Å². The molecule has 0 unspecified atom stereocenters. The molecule has 0 aromatic carbocycles. The van der Waals surface area contributed by atoms with E-state index < -0.39 is 6.04 Å². The van der Waals surface area contributed by atoms with E-state index >= 15 is 0 Å². The summed E-state index contributed by atoms with van der Waals surface area (Å²) in [5.41, 5.74) is 0. The molecule has 0 bridgehead atoms. The van der Waals surface area contributed by atoms with Gasteiger partial charge >= 0.3 is 5.97 Å². The first-order valence-corrected chi connectivity index (χ1v) is 8.13. The number of carbonyl (C=O) groups is 3. The van der Waals surface area contributed by atoms with Crippen molar-refractivity contribution in [3.05, 3.63) is 0 Å². The lowest BCUT2D eigenvalue weighted by Crippen LogP contribution is -2.37. The summed E-state index contributed by atoms with van der Waals surface area (Å²) in [7, 11) is 0. The van der Waals surface area contributed by atoms with Crippen LogP contribution in [-0.4, -0.2) is 30.8 Å². The van der Waals surface area contributed by atoms with Crippen molar-refractivity contribution in [3.63, 3.8) is 0 Å². The minimum absolute atomic E-state index is 0.0484. The minimum Gasteiger partial charge on any atom is -0.464 e. The Balaban J connectivity index is 1.86. The lowest BCUT2D eigenvalue weighted by atomic mass is 10.1. The van der Waals surface area contributed by atoms with Crippen molar-refractivity contribution in [2.45, 2.75) is 76.7 Å². The summed E-state index contributed by atoms with van der Waals surface area (Å²) in [4.78, 5) is 33.0. The molecule has 0 saturated carbocycles. The third-order valence-electron chi connectivity index (χ3n) is 3.75. The largest absolute Gasteiger partial charge is 0.464 e. The summed E-state index contributed by atoms with van der Waals surface area (Å²) in [5, 5.41) is 2.72. The van der Waals surface area contributed by atoms with Gasteiger partial charge in [-0.2, -0.15) is 0 Å². The quantitative estimate of drug-likeness (QED) is 0.341. The predicted octanol–water partition coefficient (Wildman–Crippen LogP) is 2.52.